The molecule has 0 fully saturated rings. The summed E-state index contributed by atoms with van der Waals surface area (Å²) in [7, 11) is 0. The molecule has 2 nitrogen and oxygen atoms in total. The molecule has 0 aromatic heterocycles. The molecule has 1 aliphatic carbocycles. The lowest BCUT2D eigenvalue weighted by Gasteiger charge is -2.25. The standard InChI is InChI=1S/C28H20O2/c29-27-22-14-7-8-15-23(22)28(30)26-21(16-9-17-24(26)27)25(20-12-5-2-6-13-20)18-19-10-3-1-4-11-19/h1-17,25H,18H2. The van der Waals surface area contributed by atoms with E-state index in [0.29, 0.717) is 22.3 Å². The van der Waals surface area contributed by atoms with Gasteiger partial charge in [0, 0.05) is 28.2 Å². The van der Waals surface area contributed by atoms with Crippen LogP contribution < -0.4 is 0 Å². The van der Waals surface area contributed by atoms with Gasteiger partial charge in [0.2, 0.25) is 0 Å². The molecule has 0 saturated heterocycles. The lowest BCUT2D eigenvalue weighted by atomic mass is 9.76. The summed E-state index contributed by atoms with van der Waals surface area (Å²) in [5.41, 5.74) is 5.28. The molecule has 1 aliphatic rings. The van der Waals surface area contributed by atoms with Crippen molar-refractivity contribution in [2.45, 2.75) is 12.3 Å². The smallest absolute Gasteiger partial charge is 0.194 e. The molecule has 1 atom stereocenters. The zero-order valence-corrected chi connectivity index (χ0v) is 16.4. The maximum absolute atomic E-state index is 13.5. The van der Waals surface area contributed by atoms with Gasteiger partial charge in [-0.1, -0.05) is 103 Å². The SMILES string of the molecule is O=C1c2ccccc2C(=O)c2c1cccc2C(Cc1ccccc1)c1ccccc1. The number of hydrogen-bond acceptors (Lipinski definition) is 2. The summed E-state index contributed by atoms with van der Waals surface area (Å²) in [4.78, 5) is 26.7. The number of carbonyl (C=O) groups is 2. The van der Waals surface area contributed by atoms with Crippen LogP contribution in [0.25, 0.3) is 0 Å². The van der Waals surface area contributed by atoms with Crippen molar-refractivity contribution in [1.29, 1.82) is 0 Å². The molecule has 0 spiro atoms. The Labute approximate surface area is 175 Å². The van der Waals surface area contributed by atoms with Crippen LogP contribution in [0, 0.1) is 0 Å². The van der Waals surface area contributed by atoms with Gasteiger partial charge < -0.3 is 0 Å². The summed E-state index contributed by atoms with van der Waals surface area (Å²) >= 11 is 0. The van der Waals surface area contributed by atoms with Gasteiger partial charge in [-0.3, -0.25) is 9.59 Å². The Hall–Kier alpha value is -3.78. The number of rotatable bonds is 4. The highest BCUT2D eigenvalue weighted by molar-refractivity contribution is 6.28. The molecule has 0 N–H and O–H groups in total. The largest absolute Gasteiger partial charge is 0.289 e. The number of benzene rings is 4. The fraction of sp³-hybridized carbons (Fsp3) is 0.0714. The minimum atomic E-state index is -0.0754. The Morgan fingerprint density at radius 2 is 1.10 bits per heavy atom. The number of carbonyl (C=O) groups excluding carboxylic acids is 2. The molecule has 0 aliphatic heterocycles. The minimum absolute atomic E-state index is 0.0226. The lowest BCUT2D eigenvalue weighted by molar-refractivity contribution is 0.0978. The third-order valence-electron chi connectivity index (χ3n) is 5.84. The van der Waals surface area contributed by atoms with Gasteiger partial charge >= 0.3 is 0 Å². The molecule has 0 saturated carbocycles. The average molecular weight is 388 g/mol. The average Bonchev–Trinajstić information content (AvgIpc) is 2.82. The third-order valence-corrected chi connectivity index (χ3v) is 5.84. The van der Waals surface area contributed by atoms with E-state index in [-0.39, 0.29) is 17.5 Å². The van der Waals surface area contributed by atoms with E-state index >= 15 is 0 Å². The van der Waals surface area contributed by atoms with Crippen LogP contribution >= 0.6 is 0 Å². The molecule has 0 heterocycles. The van der Waals surface area contributed by atoms with Crippen LogP contribution in [0.4, 0.5) is 0 Å². The molecule has 30 heavy (non-hydrogen) atoms. The summed E-state index contributed by atoms with van der Waals surface area (Å²) in [6.45, 7) is 0. The molecule has 0 bridgehead atoms. The van der Waals surface area contributed by atoms with Crippen LogP contribution in [-0.4, -0.2) is 11.6 Å². The molecule has 144 valence electrons. The first-order chi connectivity index (χ1) is 14.7. The van der Waals surface area contributed by atoms with Gasteiger partial charge in [0.05, 0.1) is 0 Å². The van der Waals surface area contributed by atoms with Gasteiger partial charge in [-0.15, -0.1) is 0 Å². The lowest BCUT2D eigenvalue weighted by Crippen LogP contribution is -2.24. The summed E-state index contributed by atoms with van der Waals surface area (Å²) in [6.07, 6.45) is 0.754. The van der Waals surface area contributed by atoms with E-state index in [9.17, 15) is 9.59 Å². The quantitative estimate of drug-likeness (QED) is 0.388. The number of ketones is 2. The Morgan fingerprint density at radius 3 is 1.80 bits per heavy atom. The van der Waals surface area contributed by atoms with E-state index in [1.165, 1.54) is 5.56 Å². The van der Waals surface area contributed by atoms with E-state index in [4.69, 9.17) is 0 Å². The molecular weight excluding hydrogens is 368 g/mol. The van der Waals surface area contributed by atoms with Crippen molar-refractivity contribution in [3.05, 3.63) is 142 Å². The summed E-state index contributed by atoms with van der Waals surface area (Å²) in [5.74, 6) is -0.163. The first-order valence-electron chi connectivity index (χ1n) is 10.1. The van der Waals surface area contributed by atoms with Gasteiger partial charge in [-0.05, 0) is 23.1 Å². The zero-order valence-electron chi connectivity index (χ0n) is 16.4. The summed E-state index contributed by atoms with van der Waals surface area (Å²) in [6, 6.07) is 33.3. The van der Waals surface area contributed by atoms with E-state index < -0.39 is 0 Å². The summed E-state index contributed by atoms with van der Waals surface area (Å²) < 4.78 is 0. The van der Waals surface area contributed by atoms with Crippen molar-refractivity contribution in [3.8, 4) is 0 Å². The van der Waals surface area contributed by atoms with Gasteiger partial charge in [-0.25, -0.2) is 0 Å². The van der Waals surface area contributed by atoms with Crippen molar-refractivity contribution in [3.63, 3.8) is 0 Å². The van der Waals surface area contributed by atoms with Crippen LogP contribution in [0.5, 0.6) is 0 Å². The van der Waals surface area contributed by atoms with Gasteiger partial charge in [0.15, 0.2) is 11.6 Å². The molecule has 2 heteroatoms. The molecule has 4 aromatic carbocycles. The fourth-order valence-corrected chi connectivity index (χ4v) is 4.40. The van der Waals surface area contributed by atoms with Crippen LogP contribution in [0.2, 0.25) is 0 Å². The molecule has 1 unspecified atom stereocenters. The Morgan fingerprint density at radius 1 is 0.533 bits per heavy atom. The first-order valence-corrected chi connectivity index (χ1v) is 10.1. The van der Waals surface area contributed by atoms with Crippen molar-refractivity contribution in [2.75, 3.05) is 0 Å². The fourth-order valence-electron chi connectivity index (χ4n) is 4.40. The maximum Gasteiger partial charge on any atom is 0.194 e. The van der Waals surface area contributed by atoms with E-state index in [2.05, 4.69) is 24.3 Å². The molecule has 4 aromatic rings. The first kappa shape index (κ1) is 18.3. The molecule has 0 amide bonds. The van der Waals surface area contributed by atoms with Crippen molar-refractivity contribution in [1.82, 2.24) is 0 Å². The predicted molar refractivity (Wildman–Crippen MR) is 118 cm³/mol. The monoisotopic (exact) mass is 388 g/mol. The van der Waals surface area contributed by atoms with Crippen molar-refractivity contribution in [2.24, 2.45) is 0 Å². The van der Waals surface area contributed by atoms with Gasteiger partial charge in [-0.2, -0.15) is 0 Å². The highest BCUT2D eigenvalue weighted by Crippen LogP contribution is 2.36. The molecule has 5 rings (SSSR count). The number of hydrogen-bond donors (Lipinski definition) is 0. The van der Waals surface area contributed by atoms with E-state index in [1.807, 2.05) is 54.6 Å². The van der Waals surface area contributed by atoms with E-state index in [1.54, 1.807) is 24.3 Å². The Kier molecular flexibility index (Phi) is 4.61. The number of fused-ring (bicyclic) bond motifs is 2. The highest BCUT2D eigenvalue weighted by atomic mass is 16.1. The van der Waals surface area contributed by atoms with Gasteiger partial charge in [0.1, 0.15) is 0 Å². The Balaban J connectivity index is 1.70. The molecular formula is C28H20O2. The topological polar surface area (TPSA) is 34.1 Å². The second-order valence-corrected chi connectivity index (χ2v) is 7.63. The van der Waals surface area contributed by atoms with Crippen molar-refractivity contribution < 1.29 is 9.59 Å². The predicted octanol–water partition coefficient (Wildman–Crippen LogP) is 5.84. The Bertz CT molecular complexity index is 1240. The third kappa shape index (κ3) is 3.07. The second-order valence-electron chi connectivity index (χ2n) is 7.63. The van der Waals surface area contributed by atoms with Gasteiger partial charge in [0.25, 0.3) is 0 Å². The highest BCUT2D eigenvalue weighted by Gasteiger charge is 2.33. The van der Waals surface area contributed by atoms with Crippen molar-refractivity contribution >= 4 is 11.6 Å². The second kappa shape index (κ2) is 7.57. The van der Waals surface area contributed by atoms with Crippen LogP contribution in [0.15, 0.2) is 103 Å². The van der Waals surface area contributed by atoms with Crippen LogP contribution in [0.1, 0.15) is 54.5 Å². The van der Waals surface area contributed by atoms with Crippen LogP contribution in [0.3, 0.4) is 0 Å². The minimum Gasteiger partial charge on any atom is -0.289 e. The normalized spacial score (nSPS) is 13.5. The molecule has 0 radical (unpaired) electrons. The maximum atomic E-state index is 13.5. The summed E-state index contributed by atoms with van der Waals surface area (Å²) in [5, 5.41) is 0. The van der Waals surface area contributed by atoms with E-state index in [0.717, 1.165) is 17.5 Å². The zero-order chi connectivity index (χ0) is 20.5. The van der Waals surface area contributed by atoms with Crippen LogP contribution in [-0.2, 0) is 6.42 Å².